The van der Waals surface area contributed by atoms with Gasteiger partial charge >= 0.3 is 67.3 Å². The summed E-state index contributed by atoms with van der Waals surface area (Å²) >= 11 is 0. The number of nitrogens with zero attached hydrogens (tertiary/aromatic N) is 1. The van der Waals surface area contributed by atoms with E-state index in [2.05, 4.69) is 46.9 Å². The predicted octanol–water partition coefficient (Wildman–Crippen LogP) is -5.08. The van der Waals surface area contributed by atoms with E-state index in [0.29, 0.717) is 12.1 Å². The van der Waals surface area contributed by atoms with Crippen molar-refractivity contribution in [1.29, 1.82) is 0 Å². The molecule has 0 heterocycles. The molecule has 4 heteroatoms. The zero-order chi connectivity index (χ0) is 9.28. The van der Waals surface area contributed by atoms with Crippen molar-refractivity contribution in [2.75, 3.05) is 0 Å². The number of hydrogen-bond donors (Lipinski definition) is 0. The van der Waals surface area contributed by atoms with Gasteiger partial charge in [-0.2, -0.15) is 6.42 Å². The van der Waals surface area contributed by atoms with Crippen molar-refractivity contribution < 1.29 is 68.7 Å². The Morgan fingerprint density at radius 1 is 1.07 bits per heavy atom. The van der Waals surface area contributed by atoms with E-state index in [9.17, 15) is 0 Å². The fraction of sp³-hybridized carbons (Fsp3) is 0.900. The molecule has 0 saturated carbocycles. The van der Waals surface area contributed by atoms with Crippen LogP contribution in [0.25, 0.3) is 5.32 Å². The molecule has 0 bridgehead atoms. The summed E-state index contributed by atoms with van der Waals surface area (Å²) in [6.07, 6.45) is 2.28. The molecule has 0 radical (unpaired) electrons. The van der Waals surface area contributed by atoms with Gasteiger partial charge in [0.05, 0.1) is 0 Å². The van der Waals surface area contributed by atoms with Gasteiger partial charge in [-0.25, -0.2) is 0 Å². The smallest absolute Gasteiger partial charge is 1.00 e. The van der Waals surface area contributed by atoms with E-state index >= 15 is 0 Å². The van der Waals surface area contributed by atoms with Crippen molar-refractivity contribution in [1.82, 2.24) is 0 Å². The maximum atomic E-state index is 4.28. The zero-order valence-electron chi connectivity index (χ0n) is 12.7. The second kappa shape index (κ2) is 24.4. The van der Waals surface area contributed by atoms with Crippen LogP contribution in [0.5, 0.6) is 0 Å². The van der Waals surface area contributed by atoms with E-state index in [1.807, 2.05) is 0 Å². The standard InChI is InChI=1S/C6H14N.C4H9.2Li.Na.H/c1-5(2)7-6(3)4;1-3-4-2;;;;/h5-6H,1-4H3;1,3-4H2,2H3;;;;/q2*-1;3*+1;-1. The van der Waals surface area contributed by atoms with Gasteiger partial charge in [-0.3, -0.25) is 0 Å². The first-order valence-electron chi connectivity index (χ1n) is 4.53. The Labute approximate surface area is 139 Å². The topological polar surface area (TPSA) is 14.1 Å². The zero-order valence-corrected chi connectivity index (χ0v) is 13.7. The molecule has 0 N–H and O–H groups in total. The minimum absolute atomic E-state index is 0. The Bertz CT molecular complexity index is 68.4. The van der Waals surface area contributed by atoms with Crippen molar-refractivity contribution in [3.05, 3.63) is 12.2 Å². The molecular weight excluding hydrogens is 171 g/mol. The molecule has 0 unspecified atom stereocenters. The molecule has 0 aliphatic heterocycles. The van der Waals surface area contributed by atoms with E-state index in [1.54, 1.807) is 0 Å². The maximum absolute atomic E-state index is 4.28. The molecule has 14 heavy (non-hydrogen) atoms. The van der Waals surface area contributed by atoms with Crippen molar-refractivity contribution in [2.45, 2.75) is 59.5 Å². The van der Waals surface area contributed by atoms with Gasteiger partial charge < -0.3 is 13.7 Å². The summed E-state index contributed by atoms with van der Waals surface area (Å²) in [6, 6.07) is 1.000. The van der Waals surface area contributed by atoms with Crippen LogP contribution in [-0.4, -0.2) is 12.1 Å². The van der Waals surface area contributed by atoms with Crippen molar-refractivity contribution in [3.63, 3.8) is 0 Å². The largest absolute Gasteiger partial charge is 1.00 e. The van der Waals surface area contributed by atoms with Gasteiger partial charge in [0, 0.05) is 0 Å². The van der Waals surface area contributed by atoms with Crippen LogP contribution >= 0.6 is 0 Å². The van der Waals surface area contributed by atoms with E-state index in [4.69, 9.17) is 0 Å². The summed E-state index contributed by atoms with van der Waals surface area (Å²) in [5.41, 5.74) is 0. The summed E-state index contributed by atoms with van der Waals surface area (Å²) < 4.78 is 0. The van der Waals surface area contributed by atoms with Crippen LogP contribution in [0.2, 0.25) is 0 Å². The van der Waals surface area contributed by atoms with Crippen LogP contribution in [0.1, 0.15) is 48.9 Å². The normalized spacial score (nSPS) is 7.71. The molecule has 0 saturated heterocycles. The van der Waals surface area contributed by atoms with E-state index in [0.717, 1.165) is 6.42 Å². The van der Waals surface area contributed by atoms with Gasteiger partial charge in [-0.05, 0) is 0 Å². The second-order valence-corrected chi connectivity index (χ2v) is 3.19. The number of unbranched alkanes of at least 4 members (excludes halogenated alkanes) is 1. The van der Waals surface area contributed by atoms with Crippen LogP contribution in [0, 0.1) is 6.92 Å². The van der Waals surface area contributed by atoms with Crippen molar-refractivity contribution in [2.24, 2.45) is 0 Å². The van der Waals surface area contributed by atoms with Crippen LogP contribution in [0.15, 0.2) is 0 Å². The molecule has 0 rings (SSSR count). The van der Waals surface area contributed by atoms with Gasteiger partial charge in [-0.1, -0.05) is 41.0 Å². The second-order valence-electron chi connectivity index (χ2n) is 3.19. The molecule has 0 aromatic carbocycles. The summed E-state index contributed by atoms with van der Waals surface area (Å²) in [5, 5.41) is 4.28. The average Bonchev–Trinajstić information content (AvgIpc) is 1.85. The van der Waals surface area contributed by atoms with Crippen LogP contribution < -0.4 is 67.3 Å². The van der Waals surface area contributed by atoms with Gasteiger partial charge in [0.1, 0.15) is 0 Å². The van der Waals surface area contributed by atoms with Gasteiger partial charge in [0.25, 0.3) is 0 Å². The number of rotatable bonds is 3. The van der Waals surface area contributed by atoms with Gasteiger partial charge in [0.2, 0.25) is 0 Å². The quantitative estimate of drug-likeness (QED) is 0.316. The third-order valence-corrected chi connectivity index (χ3v) is 0.950. The molecule has 0 aliphatic carbocycles. The Morgan fingerprint density at radius 2 is 1.29 bits per heavy atom. The molecular formula is C10H24Li2NNa. The Morgan fingerprint density at radius 3 is 1.29 bits per heavy atom. The molecule has 0 fully saturated rings. The fourth-order valence-electron chi connectivity index (χ4n) is 0.596. The predicted molar refractivity (Wildman–Crippen MR) is 55.0 cm³/mol. The van der Waals surface area contributed by atoms with E-state index in [1.165, 1.54) is 6.42 Å². The van der Waals surface area contributed by atoms with Crippen LogP contribution in [0.3, 0.4) is 0 Å². The van der Waals surface area contributed by atoms with Gasteiger partial charge in [0.15, 0.2) is 0 Å². The summed E-state index contributed by atoms with van der Waals surface area (Å²) in [6.45, 7) is 14.1. The average molecular weight is 195 g/mol. The third kappa shape index (κ3) is 47.8. The van der Waals surface area contributed by atoms with Crippen molar-refractivity contribution in [3.8, 4) is 0 Å². The first-order valence-corrected chi connectivity index (χ1v) is 4.53. The maximum Gasteiger partial charge on any atom is 1.00 e. The Hall–Kier alpha value is 2.15. The first kappa shape index (κ1) is 29.8. The summed E-state index contributed by atoms with van der Waals surface area (Å²) in [7, 11) is 0. The van der Waals surface area contributed by atoms with Gasteiger partial charge in [-0.15, -0.1) is 12.1 Å². The molecule has 0 atom stereocenters. The Balaban J connectivity index is -0.0000000230. The summed E-state index contributed by atoms with van der Waals surface area (Å²) in [4.78, 5) is 0. The minimum atomic E-state index is 0. The first-order chi connectivity index (χ1) is 5.04. The SMILES string of the molecule is CC(C)[N-]C(C)C.[CH2-]CCC.[H-].[Li+].[Li+].[Na+]. The van der Waals surface area contributed by atoms with E-state index in [-0.39, 0.29) is 68.7 Å². The number of hydrogen-bond acceptors (Lipinski definition) is 0. The molecule has 0 aliphatic rings. The van der Waals surface area contributed by atoms with Crippen molar-refractivity contribution >= 4 is 0 Å². The Kier molecular flexibility index (Phi) is 52.0. The molecule has 0 amide bonds. The molecule has 0 aromatic heterocycles. The van der Waals surface area contributed by atoms with E-state index < -0.39 is 0 Å². The monoisotopic (exact) mass is 195 g/mol. The molecule has 72 valence electrons. The fourth-order valence-corrected chi connectivity index (χ4v) is 0.596. The molecule has 0 aromatic rings. The van der Waals surface area contributed by atoms with Crippen LogP contribution in [-0.2, 0) is 0 Å². The third-order valence-electron chi connectivity index (χ3n) is 0.950. The summed E-state index contributed by atoms with van der Waals surface area (Å²) in [5.74, 6) is 0. The molecule has 0 spiro atoms. The van der Waals surface area contributed by atoms with Crippen LogP contribution in [0.4, 0.5) is 0 Å². The molecule has 1 nitrogen and oxygen atoms in total. The minimum Gasteiger partial charge on any atom is -1.00 e.